The fourth-order valence-corrected chi connectivity index (χ4v) is 7.58. The zero-order chi connectivity index (χ0) is 44.8. The predicted molar refractivity (Wildman–Crippen MR) is 222 cm³/mol. The van der Waals surface area contributed by atoms with Gasteiger partial charge in [-0.1, -0.05) is 12.1 Å². The van der Waals surface area contributed by atoms with Gasteiger partial charge < -0.3 is 23.3 Å². The fraction of sp³-hybridized carbons (Fsp3) is 0.435. The van der Waals surface area contributed by atoms with E-state index in [1.807, 2.05) is 50.6 Å². The molecule has 8 heterocycles. The second-order valence-electron chi connectivity index (χ2n) is 16.1. The molecule has 12 nitrogen and oxygen atoms in total. The number of nitrogens with zero attached hydrogens (tertiary/aromatic N) is 6. The molecule has 17 heteroatoms. The standard InChI is InChI=1S/C23H24F3N3O3.C23H25F2N3O3/c1-13(2)32-19-11-20-28-21(14-6-8-31-9-7-14)23(26)29(20)12-15(19)10-18(30)16-4-3-5-17(27-16)22(24)25;1-14(2)31-21-11-22-27-19(15-6-8-30-9-7-15)13-28(22)12-16(21)10-20(29)17-4-3-5-18(26-17)23(24)25/h3-5,11-14,22H,6-10H2,1-2H3;3-5,11-15,23H,6-10H2,1-2H3. The highest BCUT2D eigenvalue weighted by atomic mass is 19.3. The molecule has 0 saturated carbocycles. The van der Waals surface area contributed by atoms with Crippen LogP contribution in [-0.4, -0.2) is 78.9 Å². The molecule has 0 N–H and O–H groups in total. The minimum Gasteiger partial charge on any atom is -0.491 e. The predicted octanol–water partition coefficient (Wildman–Crippen LogP) is 9.69. The quantitative estimate of drug-likeness (QED) is 0.0770. The Morgan fingerprint density at radius 2 is 1.16 bits per heavy atom. The fourth-order valence-electron chi connectivity index (χ4n) is 7.58. The zero-order valence-electron chi connectivity index (χ0n) is 35.4. The van der Waals surface area contributed by atoms with Crippen molar-refractivity contribution in [1.29, 1.82) is 0 Å². The number of ether oxygens (including phenoxy) is 4. The first-order valence-electron chi connectivity index (χ1n) is 21.0. The molecule has 0 spiro atoms. The number of carbonyl (C=O) groups is 2. The van der Waals surface area contributed by atoms with Crippen molar-refractivity contribution in [2.24, 2.45) is 0 Å². The molecule has 0 bridgehead atoms. The van der Waals surface area contributed by atoms with Crippen LogP contribution in [0.25, 0.3) is 11.3 Å². The SMILES string of the molecule is CC(C)Oc1cc2nc(C3CCOCC3)c(F)n2cc1CC(=O)c1cccc(C(F)F)n1.CC(C)Oc1cc2nc(C3CCOCC3)cn2cc1CC(=O)c1cccc(C(F)F)n1. The van der Waals surface area contributed by atoms with Crippen LogP contribution in [0.15, 0.2) is 67.1 Å². The van der Waals surface area contributed by atoms with Gasteiger partial charge in [0.15, 0.2) is 11.6 Å². The maximum Gasteiger partial charge on any atom is 0.280 e. The number of ketones is 2. The van der Waals surface area contributed by atoms with Crippen molar-refractivity contribution in [2.75, 3.05) is 26.4 Å². The van der Waals surface area contributed by atoms with Gasteiger partial charge >= 0.3 is 0 Å². The first-order valence-corrected chi connectivity index (χ1v) is 21.0. The maximum absolute atomic E-state index is 15.2. The molecule has 6 aromatic rings. The molecule has 2 aliphatic heterocycles. The third kappa shape index (κ3) is 11.1. The Balaban J connectivity index is 0.000000189. The van der Waals surface area contributed by atoms with Crippen molar-refractivity contribution in [3.63, 3.8) is 0 Å². The van der Waals surface area contributed by atoms with E-state index in [2.05, 4.69) is 15.0 Å². The molecule has 334 valence electrons. The third-order valence-electron chi connectivity index (χ3n) is 10.7. The number of imidazole rings is 2. The average Bonchev–Trinajstić information content (AvgIpc) is 3.83. The molecule has 2 fully saturated rings. The molecule has 8 rings (SSSR count). The zero-order valence-corrected chi connectivity index (χ0v) is 35.4. The van der Waals surface area contributed by atoms with Crippen LogP contribution in [0.5, 0.6) is 11.5 Å². The van der Waals surface area contributed by atoms with Crippen molar-refractivity contribution >= 4 is 22.9 Å². The lowest BCUT2D eigenvalue weighted by Gasteiger charge is -2.20. The van der Waals surface area contributed by atoms with Gasteiger partial charge in [-0.2, -0.15) is 4.39 Å². The average molecular weight is 877 g/mol. The Kier molecular flexibility index (Phi) is 14.5. The summed E-state index contributed by atoms with van der Waals surface area (Å²) in [7, 11) is 0. The van der Waals surface area contributed by atoms with Gasteiger partial charge in [0.05, 0.1) is 23.6 Å². The lowest BCUT2D eigenvalue weighted by Crippen LogP contribution is -2.15. The van der Waals surface area contributed by atoms with E-state index in [4.69, 9.17) is 23.9 Å². The largest absolute Gasteiger partial charge is 0.491 e. The number of aromatic nitrogens is 6. The molecule has 0 aliphatic carbocycles. The van der Waals surface area contributed by atoms with Gasteiger partial charge in [0.1, 0.15) is 45.6 Å². The highest BCUT2D eigenvalue weighted by molar-refractivity contribution is 5.96. The van der Waals surface area contributed by atoms with Crippen LogP contribution in [0.2, 0.25) is 0 Å². The number of fused-ring (bicyclic) bond motifs is 2. The molecule has 2 aliphatic rings. The highest BCUT2D eigenvalue weighted by Gasteiger charge is 2.26. The number of alkyl halides is 4. The van der Waals surface area contributed by atoms with E-state index in [0.717, 1.165) is 37.4 Å². The molecule has 0 aromatic carbocycles. The number of Topliss-reactive ketones (excluding diaryl/α,β-unsaturated/α-hetero) is 2. The summed E-state index contributed by atoms with van der Waals surface area (Å²) in [6, 6.07) is 11.4. The van der Waals surface area contributed by atoms with Crippen molar-refractivity contribution in [3.05, 3.63) is 118 Å². The summed E-state index contributed by atoms with van der Waals surface area (Å²) in [6.45, 7) is 10.1. The van der Waals surface area contributed by atoms with Gasteiger partial charge in [0.2, 0.25) is 5.95 Å². The Labute approximate surface area is 360 Å². The monoisotopic (exact) mass is 876 g/mol. The van der Waals surface area contributed by atoms with Crippen molar-refractivity contribution in [3.8, 4) is 11.5 Å². The van der Waals surface area contributed by atoms with E-state index in [-0.39, 0.29) is 48.1 Å². The number of carbonyl (C=O) groups excluding carboxylic acids is 2. The molecule has 63 heavy (non-hydrogen) atoms. The summed E-state index contributed by atoms with van der Waals surface area (Å²) >= 11 is 0. The molecule has 0 unspecified atom stereocenters. The molecule has 0 atom stereocenters. The van der Waals surface area contributed by atoms with E-state index >= 15 is 4.39 Å². The van der Waals surface area contributed by atoms with E-state index in [1.165, 1.54) is 47.0 Å². The Hall–Kier alpha value is -5.81. The number of halogens is 5. The van der Waals surface area contributed by atoms with Crippen molar-refractivity contribution in [2.45, 2.75) is 103 Å². The number of pyridine rings is 4. The minimum atomic E-state index is -2.78. The summed E-state index contributed by atoms with van der Waals surface area (Å²) in [5.41, 5.74) is 2.64. The summed E-state index contributed by atoms with van der Waals surface area (Å²) in [4.78, 5) is 42.4. The van der Waals surface area contributed by atoms with E-state index < -0.39 is 36.0 Å². The topological polar surface area (TPSA) is 131 Å². The summed E-state index contributed by atoms with van der Waals surface area (Å²) in [6.07, 6.45) is 2.56. The van der Waals surface area contributed by atoms with Gasteiger partial charge in [0, 0.05) is 93.0 Å². The van der Waals surface area contributed by atoms with Gasteiger partial charge in [-0.3, -0.25) is 14.0 Å². The second-order valence-corrected chi connectivity index (χ2v) is 16.1. The lowest BCUT2D eigenvalue weighted by molar-refractivity contribution is 0.0837. The van der Waals surface area contributed by atoms with Crippen LogP contribution in [0.1, 0.15) is 133 Å². The van der Waals surface area contributed by atoms with Crippen LogP contribution in [-0.2, 0) is 22.3 Å². The summed E-state index contributed by atoms with van der Waals surface area (Å²) in [5.74, 6) is -0.0290. The summed E-state index contributed by atoms with van der Waals surface area (Å²) in [5, 5.41) is 0. The number of rotatable bonds is 14. The first kappa shape index (κ1) is 45.2. The maximum atomic E-state index is 15.2. The molecular weight excluding hydrogens is 828 g/mol. The Bertz CT molecular complexity index is 2550. The second kappa shape index (κ2) is 20.1. The smallest absolute Gasteiger partial charge is 0.280 e. The van der Waals surface area contributed by atoms with Crippen molar-refractivity contribution in [1.82, 2.24) is 28.7 Å². The Morgan fingerprint density at radius 3 is 1.67 bits per heavy atom. The molecule has 2 saturated heterocycles. The van der Waals surface area contributed by atoms with Crippen LogP contribution >= 0.6 is 0 Å². The van der Waals surface area contributed by atoms with Crippen LogP contribution in [0.3, 0.4) is 0 Å². The first-order chi connectivity index (χ1) is 30.2. The van der Waals surface area contributed by atoms with E-state index in [9.17, 15) is 27.2 Å². The van der Waals surface area contributed by atoms with Gasteiger partial charge in [-0.05, 0) is 77.6 Å². The molecule has 6 aromatic heterocycles. The molecular formula is C46H49F5N6O6. The number of hydrogen-bond donors (Lipinski definition) is 0. The van der Waals surface area contributed by atoms with Crippen LogP contribution in [0, 0.1) is 5.95 Å². The minimum absolute atomic E-state index is 0.0114. The van der Waals surface area contributed by atoms with Crippen LogP contribution in [0.4, 0.5) is 22.0 Å². The lowest BCUT2D eigenvalue weighted by atomic mass is 9.97. The highest BCUT2D eigenvalue weighted by Crippen LogP contribution is 2.33. The number of hydrogen-bond acceptors (Lipinski definition) is 10. The normalized spacial score (nSPS) is 15.1. The van der Waals surface area contributed by atoms with E-state index in [0.29, 0.717) is 65.9 Å². The molecule has 0 amide bonds. The molecule has 0 radical (unpaired) electrons. The van der Waals surface area contributed by atoms with Crippen molar-refractivity contribution < 1.29 is 50.5 Å². The van der Waals surface area contributed by atoms with Gasteiger partial charge in [-0.25, -0.2) is 37.5 Å². The summed E-state index contributed by atoms with van der Waals surface area (Å²) < 4.78 is 92.9. The van der Waals surface area contributed by atoms with E-state index in [1.54, 1.807) is 6.07 Å². The van der Waals surface area contributed by atoms with Crippen LogP contribution < -0.4 is 9.47 Å². The Morgan fingerprint density at radius 1 is 0.667 bits per heavy atom. The van der Waals surface area contributed by atoms with Gasteiger partial charge in [-0.15, -0.1) is 0 Å². The third-order valence-corrected chi connectivity index (χ3v) is 10.7. The van der Waals surface area contributed by atoms with Gasteiger partial charge in [0.25, 0.3) is 12.9 Å².